The molecule has 0 radical (unpaired) electrons. The van der Waals surface area contributed by atoms with Gasteiger partial charge >= 0.3 is 5.97 Å². The summed E-state index contributed by atoms with van der Waals surface area (Å²) in [6.45, 7) is 2.04. The van der Waals surface area contributed by atoms with Crippen LogP contribution in [0.5, 0.6) is 17.2 Å². The standard InChI is InChI=1S/C24H23N3O5/c1-5-32-24(28)17-12-15(6-9-20(17)29-2)18-8-11-23-25-14-19(27(23)26-18)16-7-10-21(30-3)22(13-16)31-4/h6-14H,5H2,1-4H3. The van der Waals surface area contributed by atoms with Crippen molar-refractivity contribution in [2.75, 3.05) is 27.9 Å². The molecule has 0 saturated carbocycles. The number of ether oxygens (including phenoxy) is 4. The number of fused-ring (bicyclic) bond motifs is 1. The smallest absolute Gasteiger partial charge is 0.341 e. The van der Waals surface area contributed by atoms with Gasteiger partial charge in [0.2, 0.25) is 0 Å². The predicted octanol–water partition coefficient (Wildman–Crippen LogP) is 4.27. The number of hydrogen-bond acceptors (Lipinski definition) is 7. The molecule has 0 unspecified atom stereocenters. The molecule has 32 heavy (non-hydrogen) atoms. The van der Waals surface area contributed by atoms with Crippen LogP contribution in [-0.4, -0.2) is 48.5 Å². The van der Waals surface area contributed by atoms with Gasteiger partial charge < -0.3 is 18.9 Å². The molecule has 164 valence electrons. The number of methoxy groups -OCH3 is 3. The second-order valence-corrected chi connectivity index (χ2v) is 6.84. The van der Waals surface area contributed by atoms with Crippen LogP contribution in [0.15, 0.2) is 54.7 Å². The van der Waals surface area contributed by atoms with E-state index in [0.29, 0.717) is 34.2 Å². The van der Waals surface area contributed by atoms with Gasteiger partial charge in [0.25, 0.3) is 0 Å². The Labute approximate surface area is 185 Å². The van der Waals surface area contributed by atoms with Gasteiger partial charge in [-0.3, -0.25) is 0 Å². The van der Waals surface area contributed by atoms with E-state index in [2.05, 4.69) is 4.98 Å². The van der Waals surface area contributed by atoms with E-state index in [4.69, 9.17) is 24.0 Å². The van der Waals surface area contributed by atoms with Crippen LogP contribution in [0.1, 0.15) is 17.3 Å². The van der Waals surface area contributed by atoms with Gasteiger partial charge in [-0.2, -0.15) is 5.10 Å². The summed E-state index contributed by atoms with van der Waals surface area (Å²) < 4.78 is 23.0. The first-order valence-corrected chi connectivity index (χ1v) is 10.0. The van der Waals surface area contributed by atoms with E-state index < -0.39 is 5.97 Å². The molecule has 0 aliphatic carbocycles. The molecule has 0 aliphatic rings. The van der Waals surface area contributed by atoms with Gasteiger partial charge in [0, 0.05) is 11.1 Å². The summed E-state index contributed by atoms with van der Waals surface area (Å²) >= 11 is 0. The third-order valence-electron chi connectivity index (χ3n) is 5.03. The molecule has 0 bridgehead atoms. The molecule has 0 N–H and O–H groups in total. The molecular formula is C24H23N3O5. The number of carbonyl (C=O) groups excluding carboxylic acids is 1. The maximum atomic E-state index is 12.4. The molecule has 0 spiro atoms. The van der Waals surface area contributed by atoms with E-state index in [1.807, 2.05) is 36.4 Å². The molecule has 0 aliphatic heterocycles. The number of nitrogens with zero attached hydrogens (tertiary/aromatic N) is 3. The van der Waals surface area contributed by atoms with Crippen LogP contribution >= 0.6 is 0 Å². The topological polar surface area (TPSA) is 84.2 Å². The molecule has 0 fully saturated rings. The zero-order valence-corrected chi connectivity index (χ0v) is 18.3. The average molecular weight is 433 g/mol. The number of carbonyl (C=O) groups is 1. The van der Waals surface area contributed by atoms with E-state index in [0.717, 1.165) is 16.8 Å². The Kier molecular flexibility index (Phi) is 5.93. The Morgan fingerprint density at radius 2 is 1.59 bits per heavy atom. The summed E-state index contributed by atoms with van der Waals surface area (Å²) in [5.41, 5.74) is 4.13. The lowest BCUT2D eigenvalue weighted by molar-refractivity contribution is 0.0523. The highest BCUT2D eigenvalue weighted by molar-refractivity contribution is 5.94. The molecule has 0 atom stereocenters. The van der Waals surface area contributed by atoms with Crippen LogP contribution in [0, 0.1) is 0 Å². The molecule has 8 heteroatoms. The van der Waals surface area contributed by atoms with E-state index in [1.165, 1.54) is 7.11 Å². The Hall–Kier alpha value is -4.07. The zero-order valence-electron chi connectivity index (χ0n) is 18.3. The first-order valence-electron chi connectivity index (χ1n) is 10.0. The van der Waals surface area contributed by atoms with Crippen LogP contribution in [0.2, 0.25) is 0 Å². The maximum absolute atomic E-state index is 12.4. The van der Waals surface area contributed by atoms with E-state index >= 15 is 0 Å². The molecular weight excluding hydrogens is 410 g/mol. The third-order valence-corrected chi connectivity index (χ3v) is 5.03. The number of hydrogen-bond donors (Lipinski definition) is 0. The number of rotatable bonds is 7. The van der Waals surface area contributed by atoms with E-state index in [9.17, 15) is 4.79 Å². The summed E-state index contributed by atoms with van der Waals surface area (Å²) in [4.78, 5) is 16.8. The molecule has 0 saturated heterocycles. The second-order valence-electron chi connectivity index (χ2n) is 6.84. The van der Waals surface area contributed by atoms with Crippen molar-refractivity contribution in [3.05, 3.63) is 60.3 Å². The predicted molar refractivity (Wildman–Crippen MR) is 119 cm³/mol. The van der Waals surface area contributed by atoms with Crippen molar-refractivity contribution in [2.24, 2.45) is 0 Å². The summed E-state index contributed by atoms with van der Waals surface area (Å²) in [6, 6.07) is 14.7. The fourth-order valence-corrected chi connectivity index (χ4v) is 3.46. The Morgan fingerprint density at radius 3 is 2.31 bits per heavy atom. The minimum atomic E-state index is -0.444. The first-order chi connectivity index (χ1) is 15.6. The highest BCUT2D eigenvalue weighted by Crippen LogP contribution is 2.33. The largest absolute Gasteiger partial charge is 0.496 e. The van der Waals surface area contributed by atoms with Crippen molar-refractivity contribution in [1.82, 2.24) is 14.6 Å². The Morgan fingerprint density at radius 1 is 0.875 bits per heavy atom. The minimum absolute atomic E-state index is 0.278. The number of esters is 1. The van der Waals surface area contributed by atoms with Crippen LogP contribution in [-0.2, 0) is 4.74 Å². The van der Waals surface area contributed by atoms with Gasteiger partial charge in [-0.1, -0.05) is 0 Å². The van der Waals surface area contributed by atoms with Gasteiger partial charge in [0.15, 0.2) is 17.1 Å². The first kappa shape index (κ1) is 21.2. The summed E-state index contributed by atoms with van der Waals surface area (Å²) in [6.07, 6.45) is 1.76. The SMILES string of the molecule is CCOC(=O)c1cc(-c2ccc3ncc(-c4ccc(OC)c(OC)c4)n3n2)ccc1OC. The maximum Gasteiger partial charge on any atom is 0.341 e. The molecule has 4 aromatic rings. The Bertz CT molecular complexity index is 1280. The second kappa shape index (κ2) is 8.97. The highest BCUT2D eigenvalue weighted by Gasteiger charge is 2.17. The number of benzene rings is 2. The van der Waals surface area contributed by atoms with Crippen LogP contribution in [0.25, 0.3) is 28.2 Å². The van der Waals surface area contributed by atoms with Crippen molar-refractivity contribution in [2.45, 2.75) is 6.92 Å². The lowest BCUT2D eigenvalue weighted by atomic mass is 10.1. The normalized spacial score (nSPS) is 10.8. The molecule has 2 aromatic carbocycles. The Balaban J connectivity index is 1.80. The summed E-state index contributed by atoms with van der Waals surface area (Å²) in [5, 5.41) is 4.77. The quantitative estimate of drug-likeness (QED) is 0.403. The lowest BCUT2D eigenvalue weighted by Crippen LogP contribution is -2.07. The third kappa shape index (κ3) is 3.82. The average Bonchev–Trinajstić information content (AvgIpc) is 3.26. The van der Waals surface area contributed by atoms with Gasteiger partial charge in [0.1, 0.15) is 11.3 Å². The van der Waals surface area contributed by atoms with Crippen molar-refractivity contribution in [3.63, 3.8) is 0 Å². The zero-order chi connectivity index (χ0) is 22.7. The molecule has 2 heterocycles. The van der Waals surface area contributed by atoms with Crippen LogP contribution in [0.4, 0.5) is 0 Å². The van der Waals surface area contributed by atoms with E-state index in [-0.39, 0.29) is 6.61 Å². The van der Waals surface area contributed by atoms with Crippen molar-refractivity contribution in [3.8, 4) is 39.8 Å². The minimum Gasteiger partial charge on any atom is -0.496 e. The van der Waals surface area contributed by atoms with E-state index in [1.54, 1.807) is 44.0 Å². The number of imidazole rings is 1. The monoisotopic (exact) mass is 433 g/mol. The van der Waals surface area contributed by atoms with Gasteiger partial charge in [-0.05, 0) is 55.5 Å². The van der Waals surface area contributed by atoms with Gasteiger partial charge in [-0.25, -0.2) is 14.3 Å². The fraction of sp³-hybridized carbons (Fsp3) is 0.208. The molecule has 2 aromatic heterocycles. The van der Waals surface area contributed by atoms with Crippen molar-refractivity contribution < 1.29 is 23.7 Å². The van der Waals surface area contributed by atoms with Gasteiger partial charge in [0.05, 0.1) is 45.5 Å². The van der Waals surface area contributed by atoms with Crippen molar-refractivity contribution >= 4 is 11.6 Å². The van der Waals surface area contributed by atoms with Crippen LogP contribution in [0.3, 0.4) is 0 Å². The molecule has 8 nitrogen and oxygen atoms in total. The summed E-state index contributed by atoms with van der Waals surface area (Å²) in [5.74, 6) is 1.26. The highest BCUT2D eigenvalue weighted by atomic mass is 16.5. The fourth-order valence-electron chi connectivity index (χ4n) is 3.46. The van der Waals surface area contributed by atoms with Gasteiger partial charge in [-0.15, -0.1) is 0 Å². The van der Waals surface area contributed by atoms with Crippen molar-refractivity contribution in [1.29, 1.82) is 0 Å². The molecule has 4 rings (SSSR count). The molecule has 0 amide bonds. The van der Waals surface area contributed by atoms with Crippen LogP contribution < -0.4 is 14.2 Å². The summed E-state index contributed by atoms with van der Waals surface area (Å²) in [7, 11) is 4.71. The lowest BCUT2D eigenvalue weighted by Gasteiger charge is -2.11. The number of aromatic nitrogens is 3.